The van der Waals surface area contributed by atoms with Crippen LogP contribution in [0.5, 0.6) is 0 Å². The van der Waals surface area contributed by atoms with Gasteiger partial charge in [-0.2, -0.15) is 0 Å². The molecule has 0 amide bonds. The van der Waals surface area contributed by atoms with Crippen LogP contribution in [-0.4, -0.2) is 48.0 Å². The fraction of sp³-hybridized carbons (Fsp3) is 1.00. The summed E-state index contributed by atoms with van der Waals surface area (Å²) in [5.74, 6) is 0. The van der Waals surface area contributed by atoms with Crippen LogP contribution in [-0.2, 0) is 4.74 Å². The van der Waals surface area contributed by atoms with Crippen molar-refractivity contribution in [2.75, 3.05) is 26.3 Å². The van der Waals surface area contributed by atoms with Crippen molar-refractivity contribution >= 4 is 0 Å². The van der Waals surface area contributed by atoms with Gasteiger partial charge in [0, 0.05) is 18.6 Å². The minimum Gasteiger partial charge on any atom is -0.391 e. The molecule has 2 atom stereocenters. The molecule has 2 fully saturated rings. The van der Waals surface area contributed by atoms with Crippen molar-refractivity contribution in [2.45, 2.75) is 44.2 Å². The van der Waals surface area contributed by atoms with Gasteiger partial charge in [0.15, 0.2) is 0 Å². The molecule has 1 aliphatic heterocycles. The molecule has 0 spiro atoms. The standard InChI is InChI=1S/C11H21NO2/c1-11(5-3-2-4-10(11)13)12-6-8-14-9-7-12/h10,13H,2-9H2,1H3. The largest absolute Gasteiger partial charge is 0.391 e. The number of aliphatic hydroxyl groups excluding tert-OH is 1. The number of nitrogens with zero attached hydrogens (tertiary/aromatic N) is 1. The summed E-state index contributed by atoms with van der Waals surface area (Å²) in [6.07, 6.45) is 4.39. The van der Waals surface area contributed by atoms with Gasteiger partial charge in [0.05, 0.1) is 19.3 Å². The van der Waals surface area contributed by atoms with Gasteiger partial charge in [-0.15, -0.1) is 0 Å². The lowest BCUT2D eigenvalue weighted by molar-refractivity contribution is -0.0872. The summed E-state index contributed by atoms with van der Waals surface area (Å²) in [6.45, 7) is 5.81. The summed E-state index contributed by atoms with van der Waals surface area (Å²) in [7, 11) is 0. The SMILES string of the molecule is CC1(N2CCOCC2)CCCCC1O. The first kappa shape index (κ1) is 10.4. The molecule has 2 rings (SSSR count). The van der Waals surface area contributed by atoms with Crippen LogP contribution in [0.2, 0.25) is 0 Å². The molecule has 0 radical (unpaired) electrons. The first-order valence-corrected chi connectivity index (χ1v) is 5.74. The second-order valence-corrected chi connectivity index (χ2v) is 4.72. The lowest BCUT2D eigenvalue weighted by atomic mass is 9.79. The number of hydrogen-bond donors (Lipinski definition) is 1. The van der Waals surface area contributed by atoms with E-state index in [2.05, 4.69) is 11.8 Å². The van der Waals surface area contributed by atoms with Crippen molar-refractivity contribution in [3.05, 3.63) is 0 Å². The van der Waals surface area contributed by atoms with Gasteiger partial charge in [-0.3, -0.25) is 4.90 Å². The molecule has 1 heterocycles. The van der Waals surface area contributed by atoms with Gasteiger partial charge >= 0.3 is 0 Å². The van der Waals surface area contributed by atoms with Crippen LogP contribution in [0.25, 0.3) is 0 Å². The van der Waals surface area contributed by atoms with Crippen molar-refractivity contribution in [2.24, 2.45) is 0 Å². The average Bonchev–Trinajstić information content (AvgIpc) is 2.24. The Morgan fingerprint density at radius 3 is 2.64 bits per heavy atom. The first-order valence-electron chi connectivity index (χ1n) is 5.74. The monoisotopic (exact) mass is 199 g/mol. The molecule has 1 saturated heterocycles. The lowest BCUT2D eigenvalue weighted by Gasteiger charge is -2.48. The molecule has 1 saturated carbocycles. The first-order chi connectivity index (χ1) is 6.73. The Bertz CT molecular complexity index is 192. The molecule has 1 aliphatic carbocycles. The quantitative estimate of drug-likeness (QED) is 0.684. The molecule has 1 N–H and O–H groups in total. The highest BCUT2D eigenvalue weighted by Gasteiger charge is 2.40. The van der Waals surface area contributed by atoms with Crippen molar-refractivity contribution in [3.63, 3.8) is 0 Å². The minimum atomic E-state index is -0.144. The van der Waals surface area contributed by atoms with E-state index < -0.39 is 0 Å². The third-order valence-corrected chi connectivity index (χ3v) is 3.86. The van der Waals surface area contributed by atoms with Crippen molar-refractivity contribution in [1.82, 2.24) is 4.90 Å². The predicted molar refractivity (Wildman–Crippen MR) is 55.3 cm³/mol. The Labute approximate surface area is 86.0 Å². The van der Waals surface area contributed by atoms with Crippen LogP contribution in [0.15, 0.2) is 0 Å². The molecule has 0 aromatic carbocycles. The van der Waals surface area contributed by atoms with E-state index >= 15 is 0 Å². The van der Waals surface area contributed by atoms with Crippen LogP contribution >= 0.6 is 0 Å². The zero-order valence-electron chi connectivity index (χ0n) is 9.04. The topological polar surface area (TPSA) is 32.7 Å². The maximum Gasteiger partial charge on any atom is 0.0721 e. The molecule has 3 nitrogen and oxygen atoms in total. The average molecular weight is 199 g/mol. The van der Waals surface area contributed by atoms with Crippen molar-refractivity contribution in [3.8, 4) is 0 Å². The van der Waals surface area contributed by atoms with Crippen LogP contribution in [0.1, 0.15) is 32.6 Å². The van der Waals surface area contributed by atoms with Crippen LogP contribution < -0.4 is 0 Å². The molecule has 0 bridgehead atoms. The Kier molecular flexibility index (Phi) is 3.10. The highest BCUT2D eigenvalue weighted by Crippen LogP contribution is 2.33. The summed E-state index contributed by atoms with van der Waals surface area (Å²) >= 11 is 0. The zero-order valence-corrected chi connectivity index (χ0v) is 9.04. The highest BCUT2D eigenvalue weighted by atomic mass is 16.5. The smallest absolute Gasteiger partial charge is 0.0721 e. The molecule has 82 valence electrons. The molecular formula is C11H21NO2. The van der Waals surface area contributed by atoms with E-state index in [1.54, 1.807) is 0 Å². The number of rotatable bonds is 1. The number of hydrogen-bond acceptors (Lipinski definition) is 3. The zero-order chi connectivity index (χ0) is 10.0. The molecule has 0 aromatic rings. The van der Waals surface area contributed by atoms with Crippen LogP contribution in [0.4, 0.5) is 0 Å². The molecule has 2 unspecified atom stereocenters. The van der Waals surface area contributed by atoms with E-state index in [1.165, 1.54) is 12.8 Å². The van der Waals surface area contributed by atoms with Crippen LogP contribution in [0.3, 0.4) is 0 Å². The number of morpholine rings is 1. The third-order valence-electron chi connectivity index (χ3n) is 3.86. The number of ether oxygens (including phenoxy) is 1. The Balaban J connectivity index is 2.03. The van der Waals surface area contributed by atoms with Gasteiger partial charge in [0.2, 0.25) is 0 Å². The molecule has 3 heteroatoms. The third kappa shape index (κ3) is 1.81. The normalized spacial score (nSPS) is 41.1. The second-order valence-electron chi connectivity index (χ2n) is 4.72. The fourth-order valence-corrected chi connectivity index (χ4v) is 2.74. The van der Waals surface area contributed by atoms with E-state index in [9.17, 15) is 5.11 Å². The van der Waals surface area contributed by atoms with Crippen molar-refractivity contribution in [1.29, 1.82) is 0 Å². The fourth-order valence-electron chi connectivity index (χ4n) is 2.74. The molecule has 0 aromatic heterocycles. The molecular weight excluding hydrogens is 178 g/mol. The van der Waals surface area contributed by atoms with Crippen molar-refractivity contribution < 1.29 is 9.84 Å². The maximum atomic E-state index is 10.1. The van der Waals surface area contributed by atoms with Gasteiger partial charge in [0.1, 0.15) is 0 Å². The maximum absolute atomic E-state index is 10.1. The summed E-state index contributed by atoms with van der Waals surface area (Å²) in [5, 5.41) is 10.1. The predicted octanol–water partition coefficient (Wildman–Crippen LogP) is 1.01. The van der Waals surface area contributed by atoms with Gasteiger partial charge in [-0.1, -0.05) is 12.8 Å². The van der Waals surface area contributed by atoms with Gasteiger partial charge in [0.25, 0.3) is 0 Å². The van der Waals surface area contributed by atoms with Gasteiger partial charge in [-0.25, -0.2) is 0 Å². The van der Waals surface area contributed by atoms with Crippen LogP contribution in [0, 0.1) is 0 Å². The highest BCUT2D eigenvalue weighted by molar-refractivity contribution is 4.96. The summed E-state index contributed by atoms with van der Waals surface area (Å²) in [6, 6.07) is 0. The second kappa shape index (κ2) is 4.17. The van der Waals surface area contributed by atoms with E-state index in [1.807, 2.05) is 0 Å². The van der Waals surface area contributed by atoms with E-state index in [0.29, 0.717) is 0 Å². The summed E-state index contributed by atoms with van der Waals surface area (Å²) in [5.41, 5.74) is 0.0159. The minimum absolute atomic E-state index is 0.0159. The van der Waals surface area contributed by atoms with Gasteiger partial charge in [-0.05, 0) is 19.8 Å². The molecule has 14 heavy (non-hydrogen) atoms. The Morgan fingerprint density at radius 1 is 1.29 bits per heavy atom. The molecule has 2 aliphatic rings. The van der Waals surface area contributed by atoms with Gasteiger partial charge < -0.3 is 9.84 Å². The number of aliphatic hydroxyl groups is 1. The lowest BCUT2D eigenvalue weighted by Crippen LogP contribution is -2.59. The Morgan fingerprint density at radius 2 is 2.00 bits per heavy atom. The Hall–Kier alpha value is -0.120. The van der Waals surface area contributed by atoms with E-state index in [0.717, 1.165) is 39.1 Å². The summed E-state index contributed by atoms with van der Waals surface area (Å²) in [4.78, 5) is 2.42. The summed E-state index contributed by atoms with van der Waals surface area (Å²) < 4.78 is 5.35. The van der Waals surface area contributed by atoms with E-state index in [4.69, 9.17) is 4.74 Å². The van der Waals surface area contributed by atoms with E-state index in [-0.39, 0.29) is 11.6 Å².